The van der Waals surface area contributed by atoms with E-state index < -0.39 is 0 Å². The highest BCUT2D eigenvalue weighted by molar-refractivity contribution is 5.85. The molecule has 0 saturated carbocycles. The third-order valence-electron chi connectivity index (χ3n) is 4.62. The fourth-order valence-corrected chi connectivity index (χ4v) is 2.68. The first kappa shape index (κ1) is 18.9. The van der Waals surface area contributed by atoms with E-state index in [4.69, 9.17) is 10.5 Å². The van der Waals surface area contributed by atoms with Crippen LogP contribution in [-0.2, 0) is 14.9 Å². The van der Waals surface area contributed by atoms with E-state index >= 15 is 0 Å². The van der Waals surface area contributed by atoms with Crippen molar-refractivity contribution in [2.24, 2.45) is 5.73 Å². The number of carbonyl (C=O) groups excluding carboxylic acids is 1. The number of benzene rings is 1. The highest BCUT2D eigenvalue weighted by Crippen LogP contribution is 2.27. The van der Waals surface area contributed by atoms with Crippen LogP contribution in [0.25, 0.3) is 0 Å². The molecule has 1 aliphatic rings. The summed E-state index contributed by atoms with van der Waals surface area (Å²) in [6.45, 7) is 6.81. The molecule has 5 heteroatoms. The van der Waals surface area contributed by atoms with Crippen LogP contribution in [0.1, 0.15) is 39.2 Å². The number of hydrogen-bond acceptors (Lipinski definition) is 3. The van der Waals surface area contributed by atoms with Crippen LogP contribution in [0.5, 0.6) is 0 Å². The molecule has 3 atom stereocenters. The van der Waals surface area contributed by atoms with E-state index in [1.54, 1.807) is 0 Å². The second-order valence-corrected chi connectivity index (χ2v) is 6.38. The summed E-state index contributed by atoms with van der Waals surface area (Å²) in [7, 11) is 0. The number of carbonyl (C=O) groups is 1. The van der Waals surface area contributed by atoms with Crippen molar-refractivity contribution in [2.45, 2.75) is 57.3 Å². The molecule has 22 heavy (non-hydrogen) atoms. The van der Waals surface area contributed by atoms with Gasteiger partial charge in [-0.2, -0.15) is 0 Å². The Bertz CT molecular complexity index is 479. The van der Waals surface area contributed by atoms with E-state index in [0.717, 1.165) is 12.8 Å². The van der Waals surface area contributed by atoms with Crippen LogP contribution in [0.3, 0.4) is 0 Å². The lowest BCUT2D eigenvalue weighted by atomic mass is 9.78. The molecule has 1 aliphatic heterocycles. The third kappa shape index (κ3) is 4.22. The molecule has 124 valence electrons. The maximum absolute atomic E-state index is 12.3. The predicted octanol–water partition coefficient (Wildman–Crippen LogP) is 2.40. The van der Waals surface area contributed by atoms with Crippen LogP contribution < -0.4 is 11.1 Å². The molecule has 2 rings (SSSR count). The van der Waals surface area contributed by atoms with Gasteiger partial charge in [-0.3, -0.25) is 4.79 Å². The van der Waals surface area contributed by atoms with Crippen molar-refractivity contribution in [3.63, 3.8) is 0 Å². The normalized spacial score (nSPS) is 22.7. The molecule has 0 spiro atoms. The van der Waals surface area contributed by atoms with Crippen molar-refractivity contribution in [2.75, 3.05) is 6.54 Å². The Hall–Kier alpha value is -1.10. The highest BCUT2D eigenvalue weighted by Gasteiger charge is 2.34. The van der Waals surface area contributed by atoms with Crippen molar-refractivity contribution < 1.29 is 9.53 Å². The monoisotopic (exact) mass is 326 g/mol. The molecule has 3 N–H and O–H groups in total. The predicted molar refractivity (Wildman–Crippen MR) is 91.3 cm³/mol. The Morgan fingerprint density at radius 2 is 2.00 bits per heavy atom. The summed E-state index contributed by atoms with van der Waals surface area (Å²) in [6, 6.07) is 10.3. The molecular formula is C17H27ClN2O2. The standard InChI is InChI=1S/C17H26N2O2.ClH/c1-12(17(2,3)13-7-5-4-6-8-13)19-16(20)15-10-9-14(11-18)21-15;/h4-8,12,14-15H,9-11,18H2,1-3H3,(H,19,20);1H/t12?,14-,15+;/m1./s1. The third-order valence-corrected chi connectivity index (χ3v) is 4.62. The Balaban J connectivity index is 0.00000242. The fourth-order valence-electron chi connectivity index (χ4n) is 2.68. The lowest BCUT2D eigenvalue weighted by Crippen LogP contribution is -2.48. The van der Waals surface area contributed by atoms with Crippen molar-refractivity contribution in [3.8, 4) is 0 Å². The number of nitrogens with one attached hydrogen (secondary N) is 1. The zero-order chi connectivity index (χ0) is 15.5. The maximum atomic E-state index is 12.3. The summed E-state index contributed by atoms with van der Waals surface area (Å²) in [5.41, 5.74) is 6.66. The summed E-state index contributed by atoms with van der Waals surface area (Å²) >= 11 is 0. The van der Waals surface area contributed by atoms with Crippen LogP contribution in [0.2, 0.25) is 0 Å². The molecule has 1 aromatic carbocycles. The van der Waals surface area contributed by atoms with Crippen molar-refractivity contribution in [3.05, 3.63) is 35.9 Å². The Kier molecular flexibility index (Phi) is 6.85. The van der Waals surface area contributed by atoms with Crippen LogP contribution in [0.4, 0.5) is 0 Å². The number of amides is 1. The van der Waals surface area contributed by atoms with Crippen molar-refractivity contribution >= 4 is 18.3 Å². The smallest absolute Gasteiger partial charge is 0.249 e. The molecule has 0 aromatic heterocycles. The van der Waals surface area contributed by atoms with Crippen LogP contribution in [0.15, 0.2) is 30.3 Å². The summed E-state index contributed by atoms with van der Waals surface area (Å²) in [5.74, 6) is -0.0255. The second kappa shape index (κ2) is 7.95. The minimum absolute atomic E-state index is 0. The molecule has 1 fully saturated rings. The van der Waals surface area contributed by atoms with Crippen LogP contribution in [-0.4, -0.2) is 30.7 Å². The molecule has 0 aliphatic carbocycles. The molecule has 0 bridgehead atoms. The van der Waals surface area contributed by atoms with E-state index in [2.05, 4.69) is 31.3 Å². The largest absolute Gasteiger partial charge is 0.364 e. The van der Waals surface area contributed by atoms with Gasteiger partial charge in [-0.15, -0.1) is 12.4 Å². The van der Waals surface area contributed by atoms with Gasteiger partial charge >= 0.3 is 0 Å². The summed E-state index contributed by atoms with van der Waals surface area (Å²) in [6.07, 6.45) is 1.29. The van der Waals surface area contributed by atoms with Crippen molar-refractivity contribution in [1.29, 1.82) is 0 Å². The minimum atomic E-state index is -0.354. The van der Waals surface area contributed by atoms with E-state index in [-0.39, 0.29) is 42.0 Å². The molecular weight excluding hydrogens is 300 g/mol. The Labute approximate surface area is 139 Å². The van der Waals surface area contributed by atoms with Gasteiger partial charge in [-0.25, -0.2) is 0 Å². The quantitative estimate of drug-likeness (QED) is 0.873. The van der Waals surface area contributed by atoms with E-state index in [9.17, 15) is 4.79 Å². The molecule has 1 unspecified atom stereocenters. The summed E-state index contributed by atoms with van der Waals surface area (Å²) < 4.78 is 5.65. The zero-order valence-corrected chi connectivity index (χ0v) is 14.4. The minimum Gasteiger partial charge on any atom is -0.364 e. The Morgan fingerprint density at radius 1 is 1.36 bits per heavy atom. The van der Waals surface area contributed by atoms with E-state index in [1.807, 2.05) is 25.1 Å². The van der Waals surface area contributed by atoms with Crippen LogP contribution in [0, 0.1) is 0 Å². The number of hydrogen-bond donors (Lipinski definition) is 2. The molecule has 1 amide bonds. The zero-order valence-electron chi connectivity index (χ0n) is 13.5. The average molecular weight is 327 g/mol. The molecule has 1 heterocycles. The lowest BCUT2D eigenvalue weighted by Gasteiger charge is -2.33. The van der Waals surface area contributed by atoms with E-state index in [0.29, 0.717) is 6.54 Å². The number of nitrogens with two attached hydrogens (primary N) is 1. The second-order valence-electron chi connectivity index (χ2n) is 6.38. The first-order chi connectivity index (χ1) is 9.95. The number of halogens is 1. The number of ether oxygens (including phenoxy) is 1. The van der Waals surface area contributed by atoms with Gasteiger partial charge in [0.15, 0.2) is 0 Å². The van der Waals surface area contributed by atoms with Crippen LogP contribution >= 0.6 is 12.4 Å². The molecule has 4 nitrogen and oxygen atoms in total. The van der Waals surface area contributed by atoms with Gasteiger partial charge in [0, 0.05) is 18.0 Å². The maximum Gasteiger partial charge on any atom is 0.249 e. The number of rotatable bonds is 5. The van der Waals surface area contributed by atoms with Gasteiger partial charge in [0.25, 0.3) is 0 Å². The molecule has 0 radical (unpaired) electrons. The van der Waals surface area contributed by atoms with Gasteiger partial charge < -0.3 is 15.8 Å². The molecule has 1 aromatic rings. The molecule has 1 saturated heterocycles. The topological polar surface area (TPSA) is 64.4 Å². The Morgan fingerprint density at radius 3 is 2.55 bits per heavy atom. The van der Waals surface area contributed by atoms with Gasteiger partial charge in [-0.1, -0.05) is 44.2 Å². The first-order valence-electron chi connectivity index (χ1n) is 7.66. The highest BCUT2D eigenvalue weighted by atomic mass is 35.5. The average Bonchev–Trinajstić information content (AvgIpc) is 2.97. The van der Waals surface area contributed by atoms with Gasteiger partial charge in [0.2, 0.25) is 5.91 Å². The SMILES string of the molecule is CC(NC(=O)[C@@H]1CC[C@H](CN)O1)C(C)(C)c1ccccc1.Cl. The lowest BCUT2D eigenvalue weighted by molar-refractivity contribution is -0.132. The summed E-state index contributed by atoms with van der Waals surface area (Å²) in [5, 5.41) is 3.10. The van der Waals surface area contributed by atoms with Crippen molar-refractivity contribution in [1.82, 2.24) is 5.32 Å². The fraction of sp³-hybridized carbons (Fsp3) is 0.588. The van der Waals surface area contributed by atoms with Gasteiger partial charge in [0.1, 0.15) is 6.10 Å². The first-order valence-corrected chi connectivity index (χ1v) is 7.66. The summed E-state index contributed by atoms with van der Waals surface area (Å²) in [4.78, 5) is 12.3. The van der Waals surface area contributed by atoms with Gasteiger partial charge in [0.05, 0.1) is 6.10 Å². The van der Waals surface area contributed by atoms with Gasteiger partial charge in [-0.05, 0) is 25.3 Å². The van der Waals surface area contributed by atoms with E-state index in [1.165, 1.54) is 5.56 Å².